The number of amides is 1. The molecule has 2 aromatic carbocycles. The number of fused-ring (bicyclic) bond motifs is 3. The maximum atomic E-state index is 13.1. The molecule has 3 nitrogen and oxygen atoms in total. The second-order valence-electron chi connectivity index (χ2n) is 3.73. The zero-order valence-corrected chi connectivity index (χ0v) is 10.7. The summed E-state index contributed by atoms with van der Waals surface area (Å²) in [7, 11) is 0. The van der Waals surface area contributed by atoms with Crippen molar-refractivity contribution in [2.75, 3.05) is 5.32 Å². The molecule has 0 fully saturated rings. The number of thiazole rings is 1. The van der Waals surface area contributed by atoms with Crippen LogP contribution in [0.15, 0.2) is 30.3 Å². The topological polar surface area (TPSA) is 42.0 Å². The fraction of sp³-hybridized carbons (Fsp3) is 0. The van der Waals surface area contributed by atoms with Crippen LogP contribution in [0.4, 0.5) is 14.3 Å². The van der Waals surface area contributed by atoms with Crippen molar-refractivity contribution in [1.29, 1.82) is 0 Å². The van der Waals surface area contributed by atoms with E-state index in [0.717, 1.165) is 21.0 Å². The predicted molar refractivity (Wildman–Crippen MR) is 75.1 cm³/mol. The number of nitrogens with zero attached hydrogens (tertiary/aromatic N) is 1. The number of nitrogens with one attached hydrogen (secondary N) is 1. The Morgan fingerprint density at radius 2 is 2.17 bits per heavy atom. The molecule has 0 spiro atoms. The number of hydrogen-bond acceptors (Lipinski definition) is 3. The standard InChI is InChI=1S/C12H7FN2OS2/c13-7-2-3-8-6(5-7)1-4-9-10(8)18-11(14-9)15-12(16)17/h1-5H,(H2,14,15,16,17). The summed E-state index contributed by atoms with van der Waals surface area (Å²) in [6, 6.07) is 8.23. The summed E-state index contributed by atoms with van der Waals surface area (Å²) >= 11 is 4.99. The third kappa shape index (κ3) is 1.93. The van der Waals surface area contributed by atoms with Gasteiger partial charge in [-0.2, -0.15) is 0 Å². The van der Waals surface area contributed by atoms with Crippen LogP contribution in [-0.2, 0) is 0 Å². The SMILES string of the molecule is O=C(S)Nc1nc2ccc3cc(F)ccc3c2s1. The van der Waals surface area contributed by atoms with Crippen molar-refractivity contribution < 1.29 is 9.18 Å². The van der Waals surface area contributed by atoms with Gasteiger partial charge in [-0.1, -0.05) is 30.0 Å². The molecule has 0 aliphatic carbocycles. The van der Waals surface area contributed by atoms with Gasteiger partial charge in [0.2, 0.25) is 0 Å². The molecule has 3 rings (SSSR count). The van der Waals surface area contributed by atoms with E-state index in [2.05, 4.69) is 22.9 Å². The molecule has 1 aromatic heterocycles. The molecular formula is C12H7FN2OS2. The third-order valence-electron chi connectivity index (χ3n) is 2.55. The molecule has 0 aliphatic rings. The fourth-order valence-corrected chi connectivity index (χ4v) is 3.01. The lowest BCUT2D eigenvalue weighted by Crippen LogP contribution is -1.99. The van der Waals surface area contributed by atoms with Gasteiger partial charge in [-0.3, -0.25) is 10.1 Å². The van der Waals surface area contributed by atoms with Crippen LogP contribution in [0.25, 0.3) is 21.0 Å². The molecule has 1 amide bonds. The zero-order valence-electron chi connectivity index (χ0n) is 8.98. The van der Waals surface area contributed by atoms with Crippen molar-refractivity contribution in [3.05, 3.63) is 36.1 Å². The number of aromatic nitrogens is 1. The van der Waals surface area contributed by atoms with Crippen LogP contribution in [0.3, 0.4) is 0 Å². The Morgan fingerprint density at radius 1 is 1.33 bits per heavy atom. The van der Waals surface area contributed by atoms with Crippen molar-refractivity contribution in [3.8, 4) is 0 Å². The number of rotatable bonds is 1. The molecule has 18 heavy (non-hydrogen) atoms. The molecule has 3 aromatic rings. The van der Waals surface area contributed by atoms with E-state index >= 15 is 0 Å². The summed E-state index contributed by atoms with van der Waals surface area (Å²) in [4.78, 5) is 15.1. The van der Waals surface area contributed by atoms with E-state index < -0.39 is 5.24 Å². The number of anilines is 1. The molecule has 0 aliphatic heterocycles. The lowest BCUT2D eigenvalue weighted by atomic mass is 10.1. The van der Waals surface area contributed by atoms with Crippen LogP contribution in [-0.4, -0.2) is 10.2 Å². The Hall–Kier alpha value is -1.66. The lowest BCUT2D eigenvalue weighted by molar-refractivity contribution is 0.270. The molecule has 1 N–H and O–H groups in total. The molecular weight excluding hydrogens is 271 g/mol. The Balaban J connectivity index is 2.26. The Bertz CT molecular complexity index is 769. The Morgan fingerprint density at radius 3 is 2.94 bits per heavy atom. The van der Waals surface area contributed by atoms with E-state index in [9.17, 15) is 9.18 Å². The number of benzene rings is 2. The second-order valence-corrected chi connectivity index (χ2v) is 5.13. The lowest BCUT2D eigenvalue weighted by Gasteiger charge is -1.97. The summed E-state index contributed by atoms with van der Waals surface area (Å²) < 4.78 is 14.1. The van der Waals surface area contributed by atoms with Crippen molar-refractivity contribution in [2.24, 2.45) is 0 Å². The van der Waals surface area contributed by atoms with Gasteiger partial charge in [0, 0.05) is 5.39 Å². The highest BCUT2D eigenvalue weighted by atomic mass is 32.1. The van der Waals surface area contributed by atoms with Gasteiger partial charge in [-0.25, -0.2) is 9.37 Å². The van der Waals surface area contributed by atoms with Gasteiger partial charge in [0.1, 0.15) is 5.82 Å². The number of thiol groups is 1. The first kappa shape index (κ1) is 11.4. The molecule has 0 saturated carbocycles. The molecule has 0 radical (unpaired) electrons. The van der Waals surface area contributed by atoms with Crippen LogP contribution in [0.2, 0.25) is 0 Å². The first-order valence-corrected chi connectivity index (χ1v) is 6.38. The minimum atomic E-state index is -0.454. The summed E-state index contributed by atoms with van der Waals surface area (Å²) in [5, 5.41) is 4.30. The largest absolute Gasteiger partial charge is 0.293 e. The minimum absolute atomic E-state index is 0.268. The maximum absolute atomic E-state index is 13.1. The molecule has 90 valence electrons. The van der Waals surface area contributed by atoms with E-state index in [4.69, 9.17) is 0 Å². The number of carbonyl (C=O) groups is 1. The van der Waals surface area contributed by atoms with Gasteiger partial charge in [0.15, 0.2) is 5.13 Å². The number of carbonyl (C=O) groups excluding carboxylic acids is 1. The van der Waals surface area contributed by atoms with Crippen LogP contribution < -0.4 is 5.32 Å². The number of halogens is 1. The minimum Gasteiger partial charge on any atom is -0.293 e. The average Bonchev–Trinajstić information content (AvgIpc) is 2.70. The van der Waals surface area contributed by atoms with Gasteiger partial charge in [-0.05, 0) is 29.7 Å². The van der Waals surface area contributed by atoms with Crippen molar-refractivity contribution in [3.63, 3.8) is 0 Å². The fourth-order valence-electron chi connectivity index (χ4n) is 1.83. The highest BCUT2D eigenvalue weighted by Crippen LogP contribution is 2.33. The van der Waals surface area contributed by atoms with Gasteiger partial charge in [0.05, 0.1) is 10.2 Å². The quantitative estimate of drug-likeness (QED) is 0.659. The first-order valence-electron chi connectivity index (χ1n) is 5.12. The second kappa shape index (κ2) is 4.22. The van der Waals surface area contributed by atoms with E-state index in [0.29, 0.717) is 5.13 Å². The summed E-state index contributed by atoms with van der Waals surface area (Å²) in [6.45, 7) is 0. The predicted octanol–water partition coefficient (Wildman–Crippen LogP) is 4.05. The summed E-state index contributed by atoms with van der Waals surface area (Å²) in [5.74, 6) is -0.268. The normalized spacial score (nSPS) is 11.0. The number of hydrogen-bond donors (Lipinski definition) is 2. The van der Waals surface area contributed by atoms with Crippen LogP contribution in [0, 0.1) is 5.82 Å². The molecule has 0 saturated heterocycles. The highest BCUT2D eigenvalue weighted by Gasteiger charge is 2.08. The van der Waals surface area contributed by atoms with E-state index in [1.165, 1.54) is 23.5 Å². The van der Waals surface area contributed by atoms with Gasteiger partial charge in [-0.15, -0.1) is 0 Å². The van der Waals surface area contributed by atoms with Gasteiger partial charge < -0.3 is 0 Å². The van der Waals surface area contributed by atoms with Crippen molar-refractivity contribution in [1.82, 2.24) is 4.98 Å². The monoisotopic (exact) mass is 278 g/mol. The molecule has 0 bridgehead atoms. The molecule has 1 heterocycles. The summed E-state index contributed by atoms with van der Waals surface area (Å²) in [5.41, 5.74) is 0.774. The van der Waals surface area contributed by atoms with Gasteiger partial charge in [0.25, 0.3) is 5.24 Å². The van der Waals surface area contributed by atoms with Crippen LogP contribution >= 0.6 is 24.0 Å². The Kier molecular flexibility index (Phi) is 2.68. The molecule has 0 atom stereocenters. The third-order valence-corrected chi connectivity index (χ3v) is 3.68. The zero-order chi connectivity index (χ0) is 12.7. The summed E-state index contributed by atoms with van der Waals surface area (Å²) in [6.07, 6.45) is 0. The average molecular weight is 278 g/mol. The molecule has 0 unspecified atom stereocenters. The Labute approximate surface area is 111 Å². The van der Waals surface area contributed by atoms with E-state index in [1.807, 2.05) is 12.1 Å². The smallest absolute Gasteiger partial charge is 0.282 e. The molecule has 6 heteroatoms. The highest BCUT2D eigenvalue weighted by molar-refractivity contribution is 7.97. The van der Waals surface area contributed by atoms with E-state index in [1.54, 1.807) is 6.07 Å². The first-order chi connectivity index (χ1) is 8.63. The van der Waals surface area contributed by atoms with Gasteiger partial charge >= 0.3 is 0 Å². The van der Waals surface area contributed by atoms with Crippen LogP contribution in [0.5, 0.6) is 0 Å². The van der Waals surface area contributed by atoms with Crippen molar-refractivity contribution >= 4 is 55.3 Å². The van der Waals surface area contributed by atoms with E-state index in [-0.39, 0.29) is 5.82 Å². The van der Waals surface area contributed by atoms with Crippen LogP contribution in [0.1, 0.15) is 0 Å². The maximum Gasteiger partial charge on any atom is 0.282 e. The van der Waals surface area contributed by atoms with Crippen molar-refractivity contribution in [2.45, 2.75) is 0 Å².